The number of aryl methyl sites for hydroxylation is 2. The van der Waals surface area contributed by atoms with Gasteiger partial charge in [-0.1, -0.05) is 37.3 Å². The molecule has 2 rings (SSSR count). The zero-order chi connectivity index (χ0) is 15.9. The Morgan fingerprint density at radius 1 is 1.05 bits per heavy atom. The molecular formula is C18H20N2O2. The van der Waals surface area contributed by atoms with Crippen LogP contribution in [0.3, 0.4) is 0 Å². The van der Waals surface area contributed by atoms with Gasteiger partial charge in [-0.05, 0) is 42.7 Å². The van der Waals surface area contributed by atoms with E-state index in [0.717, 1.165) is 23.2 Å². The molecule has 0 unspecified atom stereocenters. The number of hydrogen-bond acceptors (Lipinski definition) is 2. The molecule has 0 fully saturated rings. The Bertz CT molecular complexity index is 680. The number of carbonyl (C=O) groups excluding carboxylic acids is 2. The van der Waals surface area contributed by atoms with Gasteiger partial charge in [0.25, 0.3) is 5.91 Å². The van der Waals surface area contributed by atoms with E-state index >= 15 is 0 Å². The van der Waals surface area contributed by atoms with Crippen molar-refractivity contribution in [3.8, 4) is 0 Å². The average molecular weight is 296 g/mol. The first-order valence-corrected chi connectivity index (χ1v) is 7.32. The lowest BCUT2D eigenvalue weighted by atomic mass is 10.1. The van der Waals surface area contributed by atoms with Crippen molar-refractivity contribution in [2.45, 2.75) is 20.3 Å². The van der Waals surface area contributed by atoms with Crippen molar-refractivity contribution in [2.24, 2.45) is 0 Å². The summed E-state index contributed by atoms with van der Waals surface area (Å²) >= 11 is 0. The van der Waals surface area contributed by atoms with Gasteiger partial charge < -0.3 is 10.6 Å². The Morgan fingerprint density at radius 3 is 2.55 bits per heavy atom. The normalized spacial score (nSPS) is 10.1. The molecule has 0 radical (unpaired) electrons. The molecule has 22 heavy (non-hydrogen) atoms. The highest BCUT2D eigenvalue weighted by Crippen LogP contribution is 2.11. The number of carbonyl (C=O) groups is 2. The zero-order valence-electron chi connectivity index (χ0n) is 12.8. The molecule has 0 atom stereocenters. The van der Waals surface area contributed by atoms with Gasteiger partial charge in [0.1, 0.15) is 0 Å². The Kier molecular flexibility index (Phi) is 5.31. The predicted molar refractivity (Wildman–Crippen MR) is 88.0 cm³/mol. The Labute approximate surface area is 130 Å². The third-order valence-corrected chi connectivity index (χ3v) is 3.42. The van der Waals surface area contributed by atoms with Crippen LogP contribution in [0, 0.1) is 6.92 Å². The van der Waals surface area contributed by atoms with E-state index in [9.17, 15) is 9.59 Å². The monoisotopic (exact) mass is 296 g/mol. The number of anilines is 1. The average Bonchev–Trinajstić information content (AvgIpc) is 2.53. The first-order chi connectivity index (χ1) is 10.6. The van der Waals surface area contributed by atoms with Crippen LogP contribution in [0.15, 0.2) is 48.5 Å². The fourth-order valence-electron chi connectivity index (χ4n) is 2.16. The van der Waals surface area contributed by atoms with Crippen molar-refractivity contribution >= 4 is 17.5 Å². The Balaban J connectivity index is 1.90. The van der Waals surface area contributed by atoms with E-state index in [0.29, 0.717) is 5.56 Å². The minimum absolute atomic E-state index is 0.0521. The Morgan fingerprint density at radius 2 is 1.82 bits per heavy atom. The molecule has 0 aliphatic rings. The van der Waals surface area contributed by atoms with Crippen LogP contribution < -0.4 is 10.6 Å². The summed E-state index contributed by atoms with van der Waals surface area (Å²) in [7, 11) is 0. The molecule has 2 aromatic carbocycles. The molecule has 0 bridgehead atoms. The van der Waals surface area contributed by atoms with Crippen LogP contribution in [-0.2, 0) is 11.2 Å². The van der Waals surface area contributed by atoms with Gasteiger partial charge in [0.15, 0.2) is 0 Å². The van der Waals surface area contributed by atoms with Crippen LogP contribution in [-0.4, -0.2) is 18.4 Å². The lowest BCUT2D eigenvalue weighted by Crippen LogP contribution is -2.33. The highest BCUT2D eigenvalue weighted by molar-refractivity contribution is 6.00. The van der Waals surface area contributed by atoms with Gasteiger partial charge in [-0.15, -0.1) is 0 Å². The lowest BCUT2D eigenvalue weighted by molar-refractivity contribution is -0.115. The van der Waals surface area contributed by atoms with E-state index in [-0.39, 0.29) is 18.4 Å². The maximum absolute atomic E-state index is 12.0. The number of hydrogen-bond donors (Lipinski definition) is 2. The second-order valence-corrected chi connectivity index (χ2v) is 5.10. The summed E-state index contributed by atoms with van der Waals surface area (Å²) in [6.07, 6.45) is 0.910. The zero-order valence-corrected chi connectivity index (χ0v) is 12.8. The molecule has 114 valence electrons. The largest absolute Gasteiger partial charge is 0.343 e. The fraction of sp³-hybridized carbons (Fsp3) is 0.222. The molecule has 2 amide bonds. The van der Waals surface area contributed by atoms with Crippen molar-refractivity contribution < 1.29 is 9.59 Å². The number of benzene rings is 2. The SMILES string of the molecule is CCc1cccc(NC(=O)CNC(=O)c2ccccc2C)c1. The van der Waals surface area contributed by atoms with Gasteiger partial charge in [0.05, 0.1) is 6.54 Å². The summed E-state index contributed by atoms with van der Waals surface area (Å²) < 4.78 is 0. The third-order valence-electron chi connectivity index (χ3n) is 3.42. The fourth-order valence-corrected chi connectivity index (χ4v) is 2.16. The summed E-state index contributed by atoms with van der Waals surface area (Å²) in [5.74, 6) is -0.481. The van der Waals surface area contributed by atoms with Crippen molar-refractivity contribution in [3.05, 3.63) is 65.2 Å². The van der Waals surface area contributed by atoms with Gasteiger partial charge in [0.2, 0.25) is 5.91 Å². The summed E-state index contributed by atoms with van der Waals surface area (Å²) in [5, 5.41) is 5.42. The highest BCUT2D eigenvalue weighted by Gasteiger charge is 2.10. The first-order valence-electron chi connectivity index (χ1n) is 7.32. The van der Waals surface area contributed by atoms with Gasteiger partial charge in [-0.2, -0.15) is 0 Å². The molecule has 0 aromatic heterocycles. The molecule has 0 saturated heterocycles. The van der Waals surface area contributed by atoms with Gasteiger partial charge in [-0.25, -0.2) is 0 Å². The molecule has 0 spiro atoms. The predicted octanol–water partition coefficient (Wildman–Crippen LogP) is 2.93. The van der Waals surface area contributed by atoms with Gasteiger partial charge in [0, 0.05) is 11.3 Å². The van der Waals surface area contributed by atoms with Crippen LogP contribution in [0.1, 0.15) is 28.4 Å². The molecule has 2 aromatic rings. The van der Waals surface area contributed by atoms with Gasteiger partial charge in [-0.3, -0.25) is 9.59 Å². The smallest absolute Gasteiger partial charge is 0.251 e. The quantitative estimate of drug-likeness (QED) is 0.891. The van der Waals surface area contributed by atoms with E-state index in [4.69, 9.17) is 0 Å². The topological polar surface area (TPSA) is 58.2 Å². The van der Waals surface area contributed by atoms with E-state index in [2.05, 4.69) is 17.6 Å². The van der Waals surface area contributed by atoms with E-state index in [1.165, 1.54) is 0 Å². The molecule has 2 N–H and O–H groups in total. The van der Waals surface area contributed by atoms with E-state index < -0.39 is 0 Å². The van der Waals surface area contributed by atoms with Crippen LogP contribution in [0.2, 0.25) is 0 Å². The van der Waals surface area contributed by atoms with Crippen molar-refractivity contribution in [1.29, 1.82) is 0 Å². The van der Waals surface area contributed by atoms with Crippen LogP contribution in [0.4, 0.5) is 5.69 Å². The van der Waals surface area contributed by atoms with Crippen LogP contribution in [0.5, 0.6) is 0 Å². The van der Waals surface area contributed by atoms with Gasteiger partial charge >= 0.3 is 0 Å². The molecule has 4 nitrogen and oxygen atoms in total. The lowest BCUT2D eigenvalue weighted by Gasteiger charge is -2.09. The summed E-state index contributed by atoms with van der Waals surface area (Å²) in [4.78, 5) is 23.9. The molecule has 0 aliphatic carbocycles. The molecule has 0 aliphatic heterocycles. The molecule has 0 heterocycles. The second kappa shape index (κ2) is 7.41. The summed E-state index contributed by atoms with van der Waals surface area (Å²) in [6, 6.07) is 15.0. The Hall–Kier alpha value is -2.62. The molecule has 0 saturated carbocycles. The molecule has 4 heteroatoms. The number of nitrogens with one attached hydrogen (secondary N) is 2. The minimum Gasteiger partial charge on any atom is -0.343 e. The van der Waals surface area contributed by atoms with E-state index in [1.807, 2.05) is 43.3 Å². The van der Waals surface area contributed by atoms with E-state index in [1.54, 1.807) is 12.1 Å². The highest BCUT2D eigenvalue weighted by atomic mass is 16.2. The third kappa shape index (κ3) is 4.19. The van der Waals surface area contributed by atoms with Crippen molar-refractivity contribution in [3.63, 3.8) is 0 Å². The minimum atomic E-state index is -0.241. The van der Waals surface area contributed by atoms with Crippen molar-refractivity contribution in [1.82, 2.24) is 5.32 Å². The standard InChI is InChI=1S/C18H20N2O2/c1-3-14-8-6-9-15(11-14)20-17(21)12-19-18(22)16-10-5-4-7-13(16)2/h4-11H,3,12H2,1-2H3,(H,19,22)(H,20,21). The van der Waals surface area contributed by atoms with Crippen LogP contribution >= 0.6 is 0 Å². The summed E-state index contributed by atoms with van der Waals surface area (Å²) in [5.41, 5.74) is 3.37. The number of amides is 2. The van der Waals surface area contributed by atoms with Crippen molar-refractivity contribution in [2.75, 3.05) is 11.9 Å². The second-order valence-electron chi connectivity index (χ2n) is 5.10. The molecular weight excluding hydrogens is 276 g/mol. The number of rotatable bonds is 5. The first kappa shape index (κ1) is 15.8. The summed E-state index contributed by atoms with van der Waals surface area (Å²) in [6.45, 7) is 3.87. The maximum atomic E-state index is 12.0. The maximum Gasteiger partial charge on any atom is 0.251 e. The van der Waals surface area contributed by atoms with Crippen LogP contribution in [0.25, 0.3) is 0 Å².